The first-order valence-corrected chi connectivity index (χ1v) is 8.04. The number of hydrogen-bond donors (Lipinski definition) is 1. The van der Waals surface area contributed by atoms with Crippen molar-refractivity contribution >= 4 is 23.1 Å². The van der Waals surface area contributed by atoms with E-state index >= 15 is 0 Å². The first kappa shape index (κ1) is 15.7. The Balaban J connectivity index is 1.98. The lowest BCUT2D eigenvalue weighted by Gasteiger charge is -2.35. The smallest absolute Gasteiger partial charge is 0.133 e. The van der Waals surface area contributed by atoms with Crippen LogP contribution in [0.2, 0.25) is 5.02 Å². The number of likely N-dealkylation sites (N-methyl/N-ethyl adjacent to an activating group) is 1. The SMILES string of the molecule is CN1CCN(c2c(N)cc(C#N)n2Cc2ccccc2Cl)CC1. The summed E-state index contributed by atoms with van der Waals surface area (Å²) < 4.78 is 1.97. The van der Waals surface area contributed by atoms with Crippen LogP contribution in [0, 0.1) is 11.3 Å². The molecule has 2 heterocycles. The molecule has 0 spiro atoms. The van der Waals surface area contributed by atoms with Crippen LogP contribution >= 0.6 is 11.6 Å². The van der Waals surface area contributed by atoms with Gasteiger partial charge in [-0.25, -0.2) is 0 Å². The maximum absolute atomic E-state index is 9.46. The number of rotatable bonds is 3. The standard InChI is InChI=1S/C17H20ClN5/c1-21-6-8-22(9-7-21)17-16(20)10-14(11-19)23(17)12-13-4-2-3-5-15(13)18/h2-5,10H,6-9,12,20H2,1H3. The zero-order chi connectivity index (χ0) is 16.4. The number of nitrogens with two attached hydrogens (primary N) is 1. The van der Waals surface area contributed by atoms with E-state index in [0.717, 1.165) is 37.6 Å². The van der Waals surface area contributed by atoms with Crippen LogP contribution in [0.5, 0.6) is 0 Å². The Labute approximate surface area is 141 Å². The van der Waals surface area contributed by atoms with Crippen molar-refractivity contribution < 1.29 is 0 Å². The summed E-state index contributed by atoms with van der Waals surface area (Å²) in [6.45, 7) is 4.31. The fourth-order valence-electron chi connectivity index (χ4n) is 2.98. The molecule has 1 aliphatic rings. The van der Waals surface area contributed by atoms with Crippen LogP contribution in [0.25, 0.3) is 0 Å². The van der Waals surface area contributed by atoms with Crippen LogP contribution in [-0.4, -0.2) is 42.7 Å². The molecule has 1 saturated heterocycles. The molecule has 0 aliphatic carbocycles. The Bertz CT molecular complexity index is 738. The molecule has 5 nitrogen and oxygen atoms in total. The maximum Gasteiger partial charge on any atom is 0.133 e. The summed E-state index contributed by atoms with van der Waals surface area (Å²) in [5, 5.41) is 10.2. The van der Waals surface area contributed by atoms with Crippen molar-refractivity contribution in [2.75, 3.05) is 43.9 Å². The van der Waals surface area contributed by atoms with Gasteiger partial charge in [-0.05, 0) is 24.7 Å². The maximum atomic E-state index is 9.46. The highest BCUT2D eigenvalue weighted by molar-refractivity contribution is 6.31. The van der Waals surface area contributed by atoms with E-state index in [9.17, 15) is 5.26 Å². The fraction of sp³-hybridized carbons (Fsp3) is 0.353. The average molecular weight is 330 g/mol. The average Bonchev–Trinajstić information content (AvgIpc) is 2.86. The second-order valence-corrected chi connectivity index (χ2v) is 6.30. The molecule has 0 unspecified atom stereocenters. The molecule has 0 amide bonds. The van der Waals surface area contributed by atoms with Crippen molar-refractivity contribution in [2.45, 2.75) is 6.54 Å². The Kier molecular flexibility index (Phi) is 4.46. The highest BCUT2D eigenvalue weighted by Gasteiger charge is 2.22. The van der Waals surface area contributed by atoms with E-state index in [2.05, 4.69) is 22.9 Å². The van der Waals surface area contributed by atoms with E-state index in [1.807, 2.05) is 28.8 Å². The number of nitriles is 1. The highest BCUT2D eigenvalue weighted by atomic mass is 35.5. The number of halogens is 1. The molecule has 6 heteroatoms. The van der Waals surface area contributed by atoms with Gasteiger partial charge in [0.2, 0.25) is 0 Å². The molecule has 23 heavy (non-hydrogen) atoms. The molecule has 1 fully saturated rings. The molecule has 0 radical (unpaired) electrons. The lowest BCUT2D eigenvalue weighted by Crippen LogP contribution is -2.45. The molecular formula is C17H20ClN5. The zero-order valence-electron chi connectivity index (χ0n) is 13.2. The molecule has 1 aliphatic heterocycles. The molecular weight excluding hydrogens is 310 g/mol. The third-order valence-corrected chi connectivity index (χ3v) is 4.67. The number of nitrogens with zero attached hydrogens (tertiary/aromatic N) is 4. The number of hydrogen-bond acceptors (Lipinski definition) is 4. The quantitative estimate of drug-likeness (QED) is 0.939. The Morgan fingerprint density at radius 3 is 2.57 bits per heavy atom. The van der Waals surface area contributed by atoms with Crippen LogP contribution in [0.15, 0.2) is 30.3 Å². The molecule has 2 N–H and O–H groups in total. The van der Waals surface area contributed by atoms with Crippen molar-refractivity contribution in [1.82, 2.24) is 9.47 Å². The summed E-state index contributed by atoms with van der Waals surface area (Å²) in [7, 11) is 2.12. The summed E-state index contributed by atoms with van der Waals surface area (Å²) >= 11 is 6.29. The van der Waals surface area contributed by atoms with Gasteiger partial charge < -0.3 is 20.1 Å². The van der Waals surface area contributed by atoms with Gasteiger partial charge in [-0.2, -0.15) is 5.26 Å². The molecule has 1 aromatic carbocycles. The van der Waals surface area contributed by atoms with Gasteiger partial charge in [-0.3, -0.25) is 0 Å². The second kappa shape index (κ2) is 6.53. The molecule has 1 aromatic heterocycles. The van der Waals surface area contributed by atoms with E-state index in [1.165, 1.54) is 0 Å². The van der Waals surface area contributed by atoms with E-state index in [1.54, 1.807) is 6.07 Å². The topological polar surface area (TPSA) is 61.2 Å². The molecule has 2 aromatic rings. The van der Waals surface area contributed by atoms with Crippen molar-refractivity contribution in [3.8, 4) is 6.07 Å². The summed E-state index contributed by atoms with van der Waals surface area (Å²) in [6.07, 6.45) is 0. The van der Waals surface area contributed by atoms with Gasteiger partial charge in [0.05, 0.1) is 12.2 Å². The third-order valence-electron chi connectivity index (χ3n) is 4.30. The monoisotopic (exact) mass is 329 g/mol. The van der Waals surface area contributed by atoms with E-state index in [0.29, 0.717) is 22.9 Å². The number of aromatic nitrogens is 1. The van der Waals surface area contributed by atoms with Gasteiger partial charge in [-0.15, -0.1) is 0 Å². The lowest BCUT2D eigenvalue weighted by atomic mass is 10.2. The van der Waals surface area contributed by atoms with Crippen molar-refractivity contribution in [3.63, 3.8) is 0 Å². The molecule has 120 valence electrons. The van der Waals surface area contributed by atoms with Crippen molar-refractivity contribution in [2.24, 2.45) is 0 Å². The van der Waals surface area contributed by atoms with Gasteiger partial charge in [0.25, 0.3) is 0 Å². The molecule has 0 saturated carbocycles. The van der Waals surface area contributed by atoms with Gasteiger partial charge >= 0.3 is 0 Å². The van der Waals surface area contributed by atoms with Crippen LogP contribution in [0.3, 0.4) is 0 Å². The van der Waals surface area contributed by atoms with Crippen molar-refractivity contribution in [1.29, 1.82) is 5.26 Å². The van der Waals surface area contributed by atoms with E-state index in [-0.39, 0.29) is 0 Å². The normalized spacial score (nSPS) is 15.6. The molecule has 0 bridgehead atoms. The number of nitrogen functional groups attached to an aromatic ring is 1. The van der Waals surface area contributed by atoms with Crippen molar-refractivity contribution in [3.05, 3.63) is 46.6 Å². The minimum atomic E-state index is 0.543. The first-order valence-electron chi connectivity index (χ1n) is 7.66. The number of piperazine rings is 1. The minimum Gasteiger partial charge on any atom is -0.396 e. The number of anilines is 2. The van der Waals surface area contributed by atoms with Crippen LogP contribution in [0.4, 0.5) is 11.5 Å². The largest absolute Gasteiger partial charge is 0.396 e. The third kappa shape index (κ3) is 3.14. The predicted molar refractivity (Wildman–Crippen MR) is 93.8 cm³/mol. The summed E-state index contributed by atoms with van der Waals surface area (Å²) in [4.78, 5) is 4.55. The highest BCUT2D eigenvalue weighted by Crippen LogP contribution is 2.30. The number of benzene rings is 1. The predicted octanol–water partition coefficient (Wildman–Crippen LogP) is 2.40. The molecule has 3 rings (SSSR count). The van der Waals surface area contributed by atoms with Gasteiger partial charge in [0.15, 0.2) is 0 Å². The van der Waals surface area contributed by atoms with Gasteiger partial charge in [0, 0.05) is 31.2 Å². The van der Waals surface area contributed by atoms with E-state index < -0.39 is 0 Å². The first-order chi connectivity index (χ1) is 11.1. The Morgan fingerprint density at radius 2 is 1.91 bits per heavy atom. The lowest BCUT2D eigenvalue weighted by molar-refractivity contribution is 0.311. The molecule has 0 atom stereocenters. The van der Waals surface area contributed by atoms with Crippen LogP contribution in [-0.2, 0) is 6.54 Å². The van der Waals surface area contributed by atoms with Gasteiger partial charge in [0.1, 0.15) is 17.6 Å². The Hall–Kier alpha value is -2.16. The summed E-state index contributed by atoms with van der Waals surface area (Å²) in [6, 6.07) is 11.7. The summed E-state index contributed by atoms with van der Waals surface area (Å²) in [5.41, 5.74) is 8.41. The Morgan fingerprint density at radius 1 is 1.22 bits per heavy atom. The van der Waals surface area contributed by atoms with Gasteiger partial charge in [-0.1, -0.05) is 29.8 Å². The van der Waals surface area contributed by atoms with Crippen LogP contribution in [0.1, 0.15) is 11.3 Å². The van der Waals surface area contributed by atoms with Crippen LogP contribution < -0.4 is 10.6 Å². The van der Waals surface area contributed by atoms with E-state index in [4.69, 9.17) is 17.3 Å². The second-order valence-electron chi connectivity index (χ2n) is 5.89. The minimum absolute atomic E-state index is 0.543. The summed E-state index contributed by atoms with van der Waals surface area (Å²) in [5.74, 6) is 0.926. The fourth-order valence-corrected chi connectivity index (χ4v) is 3.18. The zero-order valence-corrected chi connectivity index (χ0v) is 13.9.